The number of carbonyl (C=O) groups excluding carboxylic acids is 1. The van der Waals surface area contributed by atoms with E-state index in [9.17, 15) is 13.6 Å². The first kappa shape index (κ1) is 18.0. The molecular formula is C18H21F2N5O. The third-order valence-corrected chi connectivity index (χ3v) is 4.50. The fourth-order valence-corrected chi connectivity index (χ4v) is 2.92. The SMILES string of the molecule is CCC(Nc1cc(N2CCN(C)C(=O)C2)ncn1)c1ccc(F)cc1F. The summed E-state index contributed by atoms with van der Waals surface area (Å²) in [4.78, 5) is 23.9. The van der Waals surface area contributed by atoms with Crippen LogP contribution in [0, 0.1) is 11.6 Å². The van der Waals surface area contributed by atoms with Crippen molar-refractivity contribution in [3.05, 3.63) is 47.8 Å². The van der Waals surface area contributed by atoms with Crippen molar-refractivity contribution in [2.45, 2.75) is 19.4 Å². The number of rotatable bonds is 5. The Morgan fingerprint density at radius 1 is 1.23 bits per heavy atom. The van der Waals surface area contributed by atoms with Gasteiger partial charge in [0, 0.05) is 37.8 Å². The Morgan fingerprint density at radius 3 is 2.73 bits per heavy atom. The summed E-state index contributed by atoms with van der Waals surface area (Å²) in [5, 5.41) is 3.17. The molecule has 1 aliphatic heterocycles. The van der Waals surface area contributed by atoms with Crippen molar-refractivity contribution in [2.24, 2.45) is 0 Å². The van der Waals surface area contributed by atoms with Gasteiger partial charge in [-0.3, -0.25) is 4.79 Å². The normalized spacial score (nSPS) is 15.9. The van der Waals surface area contributed by atoms with Gasteiger partial charge in [-0.05, 0) is 12.5 Å². The molecule has 1 saturated heterocycles. The molecule has 1 amide bonds. The Bertz CT molecular complexity index is 801. The number of hydrogen-bond acceptors (Lipinski definition) is 5. The second-order valence-corrected chi connectivity index (χ2v) is 6.27. The van der Waals surface area contributed by atoms with Crippen molar-refractivity contribution in [2.75, 3.05) is 36.9 Å². The molecule has 1 atom stereocenters. The van der Waals surface area contributed by atoms with E-state index in [2.05, 4.69) is 15.3 Å². The lowest BCUT2D eigenvalue weighted by molar-refractivity contribution is -0.129. The molecule has 1 unspecified atom stereocenters. The molecule has 6 nitrogen and oxygen atoms in total. The summed E-state index contributed by atoms with van der Waals surface area (Å²) < 4.78 is 27.2. The Balaban J connectivity index is 1.78. The van der Waals surface area contributed by atoms with Gasteiger partial charge in [0.05, 0.1) is 12.6 Å². The molecule has 0 aliphatic carbocycles. The zero-order valence-corrected chi connectivity index (χ0v) is 14.7. The third kappa shape index (κ3) is 3.89. The van der Waals surface area contributed by atoms with Crippen LogP contribution in [0.3, 0.4) is 0 Å². The maximum Gasteiger partial charge on any atom is 0.241 e. The van der Waals surface area contributed by atoms with Gasteiger partial charge in [0.15, 0.2) is 0 Å². The summed E-state index contributed by atoms with van der Waals surface area (Å²) in [5.74, 6) is -0.00650. The number of likely N-dealkylation sites (N-methyl/N-ethyl adjacent to an activating group) is 1. The largest absolute Gasteiger partial charge is 0.363 e. The smallest absolute Gasteiger partial charge is 0.241 e. The summed E-state index contributed by atoms with van der Waals surface area (Å²) in [5.41, 5.74) is 0.379. The van der Waals surface area contributed by atoms with E-state index in [0.29, 0.717) is 36.7 Å². The quantitative estimate of drug-likeness (QED) is 0.887. The van der Waals surface area contributed by atoms with Crippen LogP contribution in [0.5, 0.6) is 0 Å². The Hall–Kier alpha value is -2.77. The Kier molecular flexibility index (Phi) is 5.29. The molecule has 2 aromatic rings. The number of nitrogens with one attached hydrogen (secondary N) is 1. The summed E-state index contributed by atoms with van der Waals surface area (Å²) in [6.45, 7) is 3.48. The van der Waals surface area contributed by atoms with Gasteiger partial charge in [-0.25, -0.2) is 18.7 Å². The standard InChI is InChI=1S/C18H21F2N5O/c1-3-15(13-5-4-12(19)8-14(13)20)23-16-9-17(22-11-21-16)25-7-6-24(2)18(26)10-25/h4-5,8-9,11,15H,3,6-7,10H2,1-2H3,(H,21,22,23). The number of piperazine rings is 1. The number of aromatic nitrogens is 2. The van der Waals surface area contributed by atoms with Gasteiger partial charge >= 0.3 is 0 Å². The minimum Gasteiger partial charge on any atom is -0.363 e. The van der Waals surface area contributed by atoms with Crippen LogP contribution in [0.1, 0.15) is 24.9 Å². The molecule has 2 heterocycles. The molecule has 1 aromatic heterocycles. The number of halogens is 2. The highest BCUT2D eigenvalue weighted by molar-refractivity contribution is 5.82. The van der Waals surface area contributed by atoms with Crippen LogP contribution in [0.15, 0.2) is 30.6 Å². The average Bonchev–Trinajstić information content (AvgIpc) is 2.63. The first-order valence-corrected chi connectivity index (χ1v) is 8.50. The second kappa shape index (κ2) is 7.63. The number of carbonyl (C=O) groups is 1. The van der Waals surface area contributed by atoms with E-state index in [0.717, 1.165) is 6.07 Å². The van der Waals surface area contributed by atoms with Gasteiger partial charge < -0.3 is 15.1 Å². The van der Waals surface area contributed by atoms with Gasteiger partial charge in [0.2, 0.25) is 5.91 Å². The van der Waals surface area contributed by atoms with Crippen LogP contribution < -0.4 is 10.2 Å². The number of nitrogens with zero attached hydrogens (tertiary/aromatic N) is 4. The van der Waals surface area contributed by atoms with Gasteiger partial charge in [0.25, 0.3) is 0 Å². The molecule has 1 aromatic carbocycles. The van der Waals surface area contributed by atoms with Crippen molar-refractivity contribution in [1.82, 2.24) is 14.9 Å². The maximum absolute atomic E-state index is 14.1. The second-order valence-electron chi connectivity index (χ2n) is 6.27. The van der Waals surface area contributed by atoms with E-state index < -0.39 is 11.6 Å². The molecule has 8 heteroatoms. The minimum atomic E-state index is -0.606. The Morgan fingerprint density at radius 2 is 2.04 bits per heavy atom. The molecule has 0 radical (unpaired) electrons. The molecule has 138 valence electrons. The summed E-state index contributed by atoms with van der Waals surface area (Å²) >= 11 is 0. The Labute approximate surface area is 150 Å². The van der Waals surface area contributed by atoms with E-state index in [4.69, 9.17) is 0 Å². The van der Waals surface area contributed by atoms with Crippen molar-refractivity contribution in [3.63, 3.8) is 0 Å². The monoisotopic (exact) mass is 361 g/mol. The highest BCUT2D eigenvalue weighted by Gasteiger charge is 2.22. The molecule has 0 spiro atoms. The molecule has 3 rings (SSSR count). The van der Waals surface area contributed by atoms with Crippen LogP contribution in [0.2, 0.25) is 0 Å². The molecule has 1 fully saturated rings. The van der Waals surface area contributed by atoms with E-state index >= 15 is 0 Å². The number of hydrogen-bond donors (Lipinski definition) is 1. The average molecular weight is 361 g/mol. The first-order chi connectivity index (χ1) is 12.5. The van der Waals surface area contributed by atoms with Crippen LogP contribution in [0.4, 0.5) is 20.4 Å². The lowest BCUT2D eigenvalue weighted by Crippen LogP contribution is -2.48. The number of benzene rings is 1. The van der Waals surface area contributed by atoms with Crippen LogP contribution in [0.25, 0.3) is 0 Å². The van der Waals surface area contributed by atoms with Crippen molar-refractivity contribution < 1.29 is 13.6 Å². The maximum atomic E-state index is 14.1. The van der Waals surface area contributed by atoms with E-state index in [1.165, 1.54) is 18.5 Å². The van der Waals surface area contributed by atoms with E-state index in [1.807, 2.05) is 11.8 Å². The molecule has 1 aliphatic rings. The highest BCUT2D eigenvalue weighted by Crippen LogP contribution is 2.26. The zero-order chi connectivity index (χ0) is 18.7. The van der Waals surface area contributed by atoms with Gasteiger partial charge in [-0.2, -0.15) is 0 Å². The molecule has 0 saturated carbocycles. The van der Waals surface area contributed by atoms with Gasteiger partial charge in [-0.15, -0.1) is 0 Å². The summed E-state index contributed by atoms with van der Waals surface area (Å²) in [6, 6.07) is 4.94. The molecular weight excluding hydrogens is 340 g/mol. The molecule has 0 bridgehead atoms. The number of amides is 1. The predicted molar refractivity (Wildman–Crippen MR) is 94.9 cm³/mol. The molecule has 1 N–H and O–H groups in total. The van der Waals surface area contributed by atoms with Crippen LogP contribution in [-0.2, 0) is 4.79 Å². The van der Waals surface area contributed by atoms with Crippen molar-refractivity contribution >= 4 is 17.5 Å². The van der Waals surface area contributed by atoms with Gasteiger partial charge in [-0.1, -0.05) is 13.0 Å². The first-order valence-electron chi connectivity index (χ1n) is 8.50. The summed E-state index contributed by atoms with van der Waals surface area (Å²) in [7, 11) is 1.77. The predicted octanol–water partition coefficient (Wildman–Crippen LogP) is 2.60. The van der Waals surface area contributed by atoms with Crippen molar-refractivity contribution in [1.29, 1.82) is 0 Å². The lowest BCUT2D eigenvalue weighted by Gasteiger charge is -2.32. The zero-order valence-electron chi connectivity index (χ0n) is 14.7. The van der Waals surface area contributed by atoms with Crippen LogP contribution in [-0.4, -0.2) is 47.5 Å². The van der Waals surface area contributed by atoms with E-state index in [-0.39, 0.29) is 18.5 Å². The minimum absolute atomic E-state index is 0.0317. The fourth-order valence-electron chi connectivity index (χ4n) is 2.92. The van der Waals surface area contributed by atoms with Gasteiger partial charge in [0.1, 0.15) is 29.6 Å². The number of anilines is 2. The fraction of sp³-hybridized carbons (Fsp3) is 0.389. The molecule has 26 heavy (non-hydrogen) atoms. The topological polar surface area (TPSA) is 61.4 Å². The van der Waals surface area contributed by atoms with E-state index in [1.54, 1.807) is 18.0 Å². The summed E-state index contributed by atoms with van der Waals surface area (Å²) in [6.07, 6.45) is 2.00. The highest BCUT2D eigenvalue weighted by atomic mass is 19.1. The van der Waals surface area contributed by atoms with Crippen LogP contribution >= 0.6 is 0 Å². The third-order valence-electron chi connectivity index (χ3n) is 4.50. The van der Waals surface area contributed by atoms with Crippen molar-refractivity contribution in [3.8, 4) is 0 Å². The lowest BCUT2D eigenvalue weighted by atomic mass is 10.0.